The standard InChI is InChI=1S/C17H23N5O3/c1-4-22(5-2)13-7-6-12(15(23)8-13)10-18-20-16(24)9-14-11(3)19-21-17(14)25/h6-8,10,14,23H,4-5,9H2,1-3H3,(H,20,24)(H,21,25)/b18-10+. The maximum Gasteiger partial charge on any atom is 0.249 e. The van der Waals surface area contributed by atoms with Crippen LogP contribution in [0.5, 0.6) is 5.75 Å². The maximum atomic E-state index is 11.9. The number of carbonyl (C=O) groups excluding carboxylic acids is 2. The van der Waals surface area contributed by atoms with E-state index < -0.39 is 11.8 Å². The topological polar surface area (TPSA) is 106 Å². The Hall–Kier alpha value is -2.90. The van der Waals surface area contributed by atoms with Crippen LogP contribution in [0.15, 0.2) is 28.4 Å². The van der Waals surface area contributed by atoms with Crippen LogP contribution in [0, 0.1) is 5.92 Å². The van der Waals surface area contributed by atoms with E-state index in [9.17, 15) is 14.7 Å². The lowest BCUT2D eigenvalue weighted by molar-refractivity contribution is -0.127. The summed E-state index contributed by atoms with van der Waals surface area (Å²) in [5.41, 5.74) is 6.68. The van der Waals surface area contributed by atoms with Crippen molar-refractivity contribution in [2.75, 3.05) is 18.0 Å². The molecule has 1 atom stereocenters. The summed E-state index contributed by atoms with van der Waals surface area (Å²) in [5.74, 6) is -1.16. The predicted molar refractivity (Wildman–Crippen MR) is 96.8 cm³/mol. The van der Waals surface area contributed by atoms with Crippen molar-refractivity contribution in [3.05, 3.63) is 23.8 Å². The van der Waals surface area contributed by atoms with E-state index in [-0.39, 0.29) is 18.1 Å². The lowest BCUT2D eigenvalue weighted by Crippen LogP contribution is -2.29. The Labute approximate surface area is 146 Å². The summed E-state index contributed by atoms with van der Waals surface area (Å²) in [7, 11) is 0. The highest BCUT2D eigenvalue weighted by molar-refractivity contribution is 6.09. The Morgan fingerprint density at radius 2 is 2.16 bits per heavy atom. The molecule has 2 rings (SSSR count). The van der Waals surface area contributed by atoms with E-state index in [0.717, 1.165) is 18.8 Å². The Kier molecular flexibility index (Phi) is 6.10. The molecule has 0 saturated heterocycles. The van der Waals surface area contributed by atoms with Crippen molar-refractivity contribution in [3.63, 3.8) is 0 Å². The fourth-order valence-corrected chi connectivity index (χ4v) is 2.56. The number of hydrogen-bond donors (Lipinski definition) is 3. The van der Waals surface area contributed by atoms with Gasteiger partial charge < -0.3 is 10.0 Å². The van der Waals surface area contributed by atoms with Gasteiger partial charge in [-0.15, -0.1) is 0 Å². The minimum Gasteiger partial charge on any atom is -0.507 e. The van der Waals surface area contributed by atoms with Crippen molar-refractivity contribution < 1.29 is 14.7 Å². The first-order valence-electron chi connectivity index (χ1n) is 8.20. The van der Waals surface area contributed by atoms with Crippen LogP contribution in [0.4, 0.5) is 5.69 Å². The van der Waals surface area contributed by atoms with E-state index in [0.29, 0.717) is 11.3 Å². The Bertz CT molecular complexity index is 710. The third kappa shape index (κ3) is 4.56. The SMILES string of the molecule is CCN(CC)c1ccc(/C=N/NC(=O)CC2C(=O)NN=C2C)c(O)c1. The zero-order valence-electron chi connectivity index (χ0n) is 14.6. The van der Waals surface area contributed by atoms with Crippen LogP contribution in [0.1, 0.15) is 32.8 Å². The van der Waals surface area contributed by atoms with Crippen LogP contribution in [-0.2, 0) is 9.59 Å². The number of nitrogens with zero attached hydrogens (tertiary/aromatic N) is 3. The van der Waals surface area contributed by atoms with Crippen LogP contribution < -0.4 is 15.8 Å². The molecule has 0 bridgehead atoms. The minimum absolute atomic E-state index is 0.0224. The molecule has 0 radical (unpaired) electrons. The van der Waals surface area contributed by atoms with Crippen molar-refractivity contribution in [1.29, 1.82) is 0 Å². The van der Waals surface area contributed by atoms with E-state index in [2.05, 4.69) is 26.0 Å². The van der Waals surface area contributed by atoms with Crippen molar-refractivity contribution in [2.24, 2.45) is 16.1 Å². The molecule has 25 heavy (non-hydrogen) atoms. The van der Waals surface area contributed by atoms with E-state index in [1.54, 1.807) is 19.1 Å². The smallest absolute Gasteiger partial charge is 0.249 e. The van der Waals surface area contributed by atoms with Gasteiger partial charge in [-0.05, 0) is 32.9 Å². The Morgan fingerprint density at radius 1 is 1.44 bits per heavy atom. The number of hydrazone groups is 2. The predicted octanol–water partition coefficient (Wildman–Crippen LogP) is 1.20. The first kappa shape index (κ1) is 18.4. The normalized spacial score (nSPS) is 16.7. The molecule has 0 spiro atoms. The number of phenols is 1. The van der Waals surface area contributed by atoms with Gasteiger partial charge in [-0.1, -0.05) is 0 Å². The molecule has 1 aromatic carbocycles. The number of hydrogen-bond acceptors (Lipinski definition) is 6. The molecule has 1 aromatic rings. The number of anilines is 1. The molecule has 8 nitrogen and oxygen atoms in total. The van der Waals surface area contributed by atoms with Crippen LogP contribution in [0.3, 0.4) is 0 Å². The second-order valence-corrected chi connectivity index (χ2v) is 5.69. The van der Waals surface area contributed by atoms with Crippen molar-refractivity contribution in [3.8, 4) is 5.75 Å². The zero-order valence-corrected chi connectivity index (χ0v) is 14.6. The molecule has 134 valence electrons. The third-order valence-corrected chi connectivity index (χ3v) is 4.09. The highest BCUT2D eigenvalue weighted by atomic mass is 16.3. The van der Waals surface area contributed by atoms with Crippen molar-refractivity contribution in [1.82, 2.24) is 10.9 Å². The molecular weight excluding hydrogens is 322 g/mol. The second kappa shape index (κ2) is 8.27. The fourth-order valence-electron chi connectivity index (χ4n) is 2.56. The first-order valence-corrected chi connectivity index (χ1v) is 8.20. The van der Waals surface area contributed by atoms with Crippen molar-refractivity contribution in [2.45, 2.75) is 27.2 Å². The van der Waals surface area contributed by atoms with Gasteiger partial charge >= 0.3 is 0 Å². The molecule has 0 aliphatic carbocycles. The van der Waals surface area contributed by atoms with Gasteiger partial charge in [0.25, 0.3) is 0 Å². The van der Waals surface area contributed by atoms with Gasteiger partial charge in [0.05, 0.1) is 12.1 Å². The number of rotatable bonds is 7. The number of carbonyl (C=O) groups is 2. The average molecular weight is 345 g/mol. The van der Waals surface area contributed by atoms with E-state index in [4.69, 9.17) is 0 Å². The van der Waals surface area contributed by atoms with Gasteiger partial charge in [-0.25, -0.2) is 10.9 Å². The van der Waals surface area contributed by atoms with Crippen LogP contribution in [-0.4, -0.2) is 41.9 Å². The molecule has 8 heteroatoms. The molecule has 0 saturated carbocycles. The monoisotopic (exact) mass is 345 g/mol. The molecule has 0 fully saturated rings. The number of benzene rings is 1. The Balaban J connectivity index is 1.94. The van der Waals surface area contributed by atoms with E-state index >= 15 is 0 Å². The third-order valence-electron chi connectivity index (χ3n) is 4.09. The van der Waals surface area contributed by atoms with Gasteiger partial charge in [-0.3, -0.25) is 9.59 Å². The summed E-state index contributed by atoms with van der Waals surface area (Å²) in [4.78, 5) is 25.5. The molecule has 0 aromatic heterocycles. The van der Waals surface area contributed by atoms with Gasteiger partial charge in [-0.2, -0.15) is 10.2 Å². The highest BCUT2D eigenvalue weighted by Crippen LogP contribution is 2.23. The summed E-state index contributed by atoms with van der Waals surface area (Å²) >= 11 is 0. The van der Waals surface area contributed by atoms with Gasteiger partial charge in [0.15, 0.2) is 0 Å². The van der Waals surface area contributed by atoms with Crippen LogP contribution in [0.25, 0.3) is 0 Å². The largest absolute Gasteiger partial charge is 0.507 e. The van der Waals surface area contributed by atoms with E-state index in [1.165, 1.54) is 6.21 Å². The lowest BCUT2D eigenvalue weighted by Gasteiger charge is -2.21. The van der Waals surface area contributed by atoms with Crippen LogP contribution in [0.2, 0.25) is 0 Å². The minimum atomic E-state index is -0.558. The molecule has 1 heterocycles. The summed E-state index contributed by atoms with van der Waals surface area (Å²) in [6.45, 7) is 7.47. The fraction of sp³-hybridized carbons (Fsp3) is 0.412. The van der Waals surface area contributed by atoms with Crippen LogP contribution >= 0.6 is 0 Å². The summed E-state index contributed by atoms with van der Waals surface area (Å²) in [6, 6.07) is 5.29. The quantitative estimate of drug-likeness (QED) is 0.510. The molecule has 1 aliphatic heterocycles. The summed E-state index contributed by atoms with van der Waals surface area (Å²) in [5, 5.41) is 17.7. The molecular formula is C17H23N5O3. The molecule has 2 amide bonds. The zero-order chi connectivity index (χ0) is 18.4. The van der Waals surface area contributed by atoms with Gasteiger partial charge in [0, 0.05) is 42.5 Å². The lowest BCUT2D eigenvalue weighted by atomic mass is 10.0. The molecule has 3 N–H and O–H groups in total. The second-order valence-electron chi connectivity index (χ2n) is 5.69. The molecule has 1 unspecified atom stereocenters. The first-order chi connectivity index (χ1) is 12.0. The van der Waals surface area contributed by atoms with Gasteiger partial charge in [0.2, 0.25) is 11.8 Å². The number of amides is 2. The highest BCUT2D eigenvalue weighted by Gasteiger charge is 2.28. The number of nitrogens with one attached hydrogen (secondary N) is 2. The Morgan fingerprint density at radius 3 is 2.72 bits per heavy atom. The van der Waals surface area contributed by atoms with E-state index in [1.807, 2.05) is 19.9 Å². The number of phenolic OH excluding ortho intramolecular Hbond substituents is 1. The van der Waals surface area contributed by atoms with Gasteiger partial charge in [0.1, 0.15) is 5.75 Å². The summed E-state index contributed by atoms with van der Waals surface area (Å²) in [6.07, 6.45) is 1.35. The van der Waals surface area contributed by atoms with Crippen molar-refractivity contribution >= 4 is 29.4 Å². The summed E-state index contributed by atoms with van der Waals surface area (Å²) < 4.78 is 0. The average Bonchev–Trinajstić information content (AvgIpc) is 2.90. The number of aromatic hydroxyl groups is 1. The molecule has 1 aliphatic rings. The maximum absolute atomic E-state index is 11.9.